The van der Waals surface area contributed by atoms with Crippen LogP contribution >= 0.6 is 35.0 Å². The molecule has 2 aromatic carbocycles. The number of rotatable bonds is 5. The third-order valence-corrected chi connectivity index (χ3v) is 4.65. The summed E-state index contributed by atoms with van der Waals surface area (Å²) in [5.41, 5.74) is 8.28. The Balaban J connectivity index is 2.01. The smallest absolute Gasteiger partial charge is 0.0423 e. The number of halogens is 2. The zero-order valence-electron chi connectivity index (χ0n) is 10.4. The molecule has 0 heterocycles. The van der Waals surface area contributed by atoms with Crippen LogP contribution < -0.4 is 5.73 Å². The maximum Gasteiger partial charge on any atom is 0.0423 e. The van der Waals surface area contributed by atoms with Crippen molar-refractivity contribution < 1.29 is 0 Å². The number of hydrogen-bond donors (Lipinski definition) is 1. The normalized spacial score (nSPS) is 12.4. The Morgan fingerprint density at radius 3 is 2.37 bits per heavy atom. The summed E-state index contributed by atoms with van der Waals surface area (Å²) in [6, 6.07) is 15.8. The lowest BCUT2D eigenvalue weighted by Crippen LogP contribution is -2.09. The summed E-state index contributed by atoms with van der Waals surface area (Å²) in [5.74, 6) is 0.908. The molecule has 0 amide bonds. The number of benzene rings is 2. The Labute approximate surface area is 128 Å². The van der Waals surface area contributed by atoms with Crippen LogP contribution in [0, 0.1) is 0 Å². The first-order chi connectivity index (χ1) is 9.19. The van der Waals surface area contributed by atoms with Gasteiger partial charge in [0.2, 0.25) is 0 Å². The Morgan fingerprint density at radius 2 is 1.74 bits per heavy atom. The van der Waals surface area contributed by atoms with Gasteiger partial charge in [-0.15, -0.1) is 11.8 Å². The van der Waals surface area contributed by atoms with E-state index in [0.29, 0.717) is 6.54 Å². The van der Waals surface area contributed by atoms with Gasteiger partial charge in [-0.05, 0) is 35.4 Å². The van der Waals surface area contributed by atoms with Gasteiger partial charge in [-0.2, -0.15) is 0 Å². The van der Waals surface area contributed by atoms with E-state index in [-0.39, 0.29) is 5.25 Å². The van der Waals surface area contributed by atoms with Crippen molar-refractivity contribution in [1.29, 1.82) is 0 Å². The molecule has 0 radical (unpaired) electrons. The molecule has 1 atom stereocenters. The molecular weight excluding hydrogens is 297 g/mol. The predicted molar refractivity (Wildman–Crippen MR) is 86.0 cm³/mol. The van der Waals surface area contributed by atoms with Crippen molar-refractivity contribution in [3.63, 3.8) is 0 Å². The van der Waals surface area contributed by atoms with Gasteiger partial charge in [0.15, 0.2) is 0 Å². The van der Waals surface area contributed by atoms with Gasteiger partial charge < -0.3 is 5.73 Å². The second-order valence-electron chi connectivity index (χ2n) is 4.22. The van der Waals surface area contributed by atoms with E-state index in [1.54, 1.807) is 0 Å². The van der Waals surface area contributed by atoms with Crippen LogP contribution in [0.2, 0.25) is 10.0 Å². The highest BCUT2D eigenvalue weighted by Crippen LogP contribution is 2.32. The number of thioether (sulfide) groups is 1. The van der Waals surface area contributed by atoms with Crippen molar-refractivity contribution in [2.75, 3.05) is 6.54 Å². The summed E-state index contributed by atoms with van der Waals surface area (Å²) in [6.07, 6.45) is 0. The van der Waals surface area contributed by atoms with E-state index in [9.17, 15) is 0 Å². The molecule has 0 aliphatic carbocycles. The molecule has 2 rings (SSSR count). The van der Waals surface area contributed by atoms with Crippen molar-refractivity contribution in [3.8, 4) is 0 Å². The summed E-state index contributed by atoms with van der Waals surface area (Å²) < 4.78 is 0. The molecule has 0 saturated heterocycles. The lowest BCUT2D eigenvalue weighted by Gasteiger charge is -2.15. The Kier molecular flexibility index (Phi) is 5.59. The number of nitrogens with two attached hydrogens (primary N) is 1. The van der Waals surface area contributed by atoms with Gasteiger partial charge in [0.05, 0.1) is 0 Å². The molecule has 0 aromatic heterocycles. The monoisotopic (exact) mass is 311 g/mol. The molecule has 2 aromatic rings. The van der Waals surface area contributed by atoms with E-state index in [0.717, 1.165) is 15.8 Å². The maximum absolute atomic E-state index is 6.02. The molecule has 0 aliphatic rings. The maximum atomic E-state index is 6.02. The second-order valence-corrected chi connectivity index (χ2v) is 6.28. The first-order valence-electron chi connectivity index (χ1n) is 6.00. The highest BCUT2D eigenvalue weighted by Gasteiger charge is 2.10. The van der Waals surface area contributed by atoms with E-state index >= 15 is 0 Å². The summed E-state index contributed by atoms with van der Waals surface area (Å²) in [6.45, 7) is 0.596. The third kappa shape index (κ3) is 4.43. The van der Waals surface area contributed by atoms with Crippen molar-refractivity contribution >= 4 is 35.0 Å². The summed E-state index contributed by atoms with van der Waals surface area (Å²) in [5, 5.41) is 1.77. The average Bonchev–Trinajstić information content (AvgIpc) is 2.42. The van der Waals surface area contributed by atoms with Crippen LogP contribution in [0.4, 0.5) is 0 Å². The minimum atomic E-state index is 0.259. The highest BCUT2D eigenvalue weighted by molar-refractivity contribution is 7.98. The van der Waals surface area contributed by atoms with E-state index in [4.69, 9.17) is 28.9 Å². The molecule has 19 heavy (non-hydrogen) atoms. The van der Waals surface area contributed by atoms with Crippen molar-refractivity contribution in [2.24, 2.45) is 5.73 Å². The molecule has 0 spiro atoms. The van der Waals surface area contributed by atoms with Crippen molar-refractivity contribution in [1.82, 2.24) is 0 Å². The van der Waals surface area contributed by atoms with Crippen LogP contribution in [0.1, 0.15) is 16.4 Å². The fourth-order valence-electron chi connectivity index (χ4n) is 1.78. The first-order valence-corrected chi connectivity index (χ1v) is 7.81. The van der Waals surface area contributed by atoms with E-state index < -0.39 is 0 Å². The SMILES string of the molecule is NCC(SCc1ccc(Cl)cc1)c1cccc(Cl)c1. The standard InChI is InChI=1S/C15H15Cl2NS/c16-13-6-4-11(5-7-13)10-19-15(9-18)12-2-1-3-14(17)8-12/h1-8,15H,9-10,18H2. The minimum Gasteiger partial charge on any atom is -0.329 e. The van der Waals surface area contributed by atoms with Crippen molar-refractivity contribution in [2.45, 2.75) is 11.0 Å². The van der Waals surface area contributed by atoms with Gasteiger partial charge in [0.25, 0.3) is 0 Å². The van der Waals surface area contributed by atoms with Gasteiger partial charge in [-0.3, -0.25) is 0 Å². The van der Waals surface area contributed by atoms with Crippen LogP contribution in [-0.2, 0) is 5.75 Å². The minimum absolute atomic E-state index is 0.259. The molecule has 0 bridgehead atoms. The lowest BCUT2D eigenvalue weighted by molar-refractivity contribution is 0.940. The van der Waals surface area contributed by atoms with E-state index in [1.807, 2.05) is 54.2 Å². The fourth-order valence-corrected chi connectivity index (χ4v) is 3.17. The molecule has 4 heteroatoms. The summed E-state index contributed by atoms with van der Waals surface area (Å²) in [7, 11) is 0. The van der Waals surface area contributed by atoms with Crippen molar-refractivity contribution in [3.05, 3.63) is 69.7 Å². The molecule has 1 nitrogen and oxygen atoms in total. The summed E-state index contributed by atoms with van der Waals surface area (Å²) >= 11 is 13.7. The predicted octanol–water partition coefficient (Wildman–Crippen LogP) is 4.93. The van der Waals surface area contributed by atoms with Gasteiger partial charge in [0, 0.05) is 27.6 Å². The van der Waals surface area contributed by atoms with Crippen LogP contribution in [0.3, 0.4) is 0 Å². The van der Waals surface area contributed by atoms with Gasteiger partial charge in [-0.1, -0.05) is 47.5 Å². The topological polar surface area (TPSA) is 26.0 Å². The molecule has 0 saturated carbocycles. The zero-order valence-corrected chi connectivity index (χ0v) is 12.7. The summed E-state index contributed by atoms with van der Waals surface area (Å²) in [4.78, 5) is 0. The van der Waals surface area contributed by atoms with Crippen LogP contribution in [0.25, 0.3) is 0 Å². The lowest BCUT2D eigenvalue weighted by atomic mass is 10.1. The zero-order chi connectivity index (χ0) is 13.7. The first kappa shape index (κ1) is 14.7. The van der Waals surface area contributed by atoms with Gasteiger partial charge >= 0.3 is 0 Å². The van der Waals surface area contributed by atoms with Crippen LogP contribution in [0.15, 0.2) is 48.5 Å². The Hall–Kier alpha value is -0.670. The molecule has 1 unspecified atom stereocenters. The molecule has 100 valence electrons. The Bertz CT molecular complexity index is 528. The third-order valence-electron chi connectivity index (χ3n) is 2.80. The van der Waals surface area contributed by atoms with E-state index in [1.165, 1.54) is 11.1 Å². The van der Waals surface area contributed by atoms with Gasteiger partial charge in [-0.25, -0.2) is 0 Å². The van der Waals surface area contributed by atoms with Crippen LogP contribution in [0.5, 0.6) is 0 Å². The molecule has 0 fully saturated rings. The molecular formula is C15H15Cl2NS. The van der Waals surface area contributed by atoms with E-state index in [2.05, 4.69) is 6.07 Å². The molecule has 0 aliphatic heterocycles. The second kappa shape index (κ2) is 7.20. The quantitative estimate of drug-likeness (QED) is 0.847. The average molecular weight is 312 g/mol. The fraction of sp³-hybridized carbons (Fsp3) is 0.200. The van der Waals surface area contributed by atoms with Gasteiger partial charge in [0.1, 0.15) is 0 Å². The highest BCUT2D eigenvalue weighted by atomic mass is 35.5. The Morgan fingerprint density at radius 1 is 1.00 bits per heavy atom. The number of hydrogen-bond acceptors (Lipinski definition) is 2. The largest absolute Gasteiger partial charge is 0.329 e. The van der Waals surface area contributed by atoms with Crippen LogP contribution in [-0.4, -0.2) is 6.54 Å². The molecule has 2 N–H and O–H groups in total.